The van der Waals surface area contributed by atoms with E-state index in [-0.39, 0.29) is 0 Å². The van der Waals surface area contributed by atoms with Crippen molar-refractivity contribution in [2.75, 3.05) is 46.5 Å². The number of hydrogen-bond donors (Lipinski definition) is 2. The number of rotatable bonds is 10. The SMILES string of the molecule is COc1cc(C[NH2+]CCC[NH+]2CCOCC2)ccc1OCc1ccc(C)cc1. The van der Waals surface area contributed by atoms with Gasteiger partial charge in [0.1, 0.15) is 26.2 Å². The van der Waals surface area contributed by atoms with Gasteiger partial charge >= 0.3 is 0 Å². The number of methoxy groups -OCH3 is 1. The minimum Gasteiger partial charge on any atom is -0.493 e. The van der Waals surface area contributed by atoms with Crippen molar-refractivity contribution < 1.29 is 24.4 Å². The van der Waals surface area contributed by atoms with Crippen LogP contribution in [0.3, 0.4) is 0 Å². The third-order valence-electron chi connectivity index (χ3n) is 5.26. The van der Waals surface area contributed by atoms with Gasteiger partial charge < -0.3 is 24.4 Å². The molecule has 0 atom stereocenters. The molecule has 0 amide bonds. The van der Waals surface area contributed by atoms with E-state index in [0.717, 1.165) is 56.5 Å². The van der Waals surface area contributed by atoms with E-state index in [9.17, 15) is 0 Å². The van der Waals surface area contributed by atoms with Gasteiger partial charge in [0.15, 0.2) is 11.5 Å². The summed E-state index contributed by atoms with van der Waals surface area (Å²) in [6, 6.07) is 14.7. The van der Waals surface area contributed by atoms with Crippen LogP contribution in [0.25, 0.3) is 0 Å². The molecule has 3 N–H and O–H groups in total. The van der Waals surface area contributed by atoms with E-state index in [0.29, 0.717) is 6.61 Å². The molecule has 0 aliphatic carbocycles. The highest BCUT2D eigenvalue weighted by Crippen LogP contribution is 2.28. The number of quaternary nitrogens is 2. The second-order valence-corrected chi connectivity index (χ2v) is 7.51. The zero-order chi connectivity index (χ0) is 19.6. The van der Waals surface area contributed by atoms with E-state index in [4.69, 9.17) is 14.2 Å². The molecule has 1 aliphatic rings. The molecule has 0 spiro atoms. The summed E-state index contributed by atoms with van der Waals surface area (Å²) in [5.41, 5.74) is 3.68. The number of aryl methyl sites for hydroxylation is 1. The molecule has 0 aromatic heterocycles. The highest BCUT2D eigenvalue weighted by molar-refractivity contribution is 5.42. The van der Waals surface area contributed by atoms with Crippen molar-refractivity contribution in [2.24, 2.45) is 0 Å². The molecule has 1 heterocycles. The van der Waals surface area contributed by atoms with Crippen LogP contribution >= 0.6 is 0 Å². The van der Waals surface area contributed by atoms with Gasteiger partial charge in [-0.15, -0.1) is 0 Å². The summed E-state index contributed by atoms with van der Waals surface area (Å²) in [4.78, 5) is 1.68. The normalized spacial score (nSPS) is 14.8. The van der Waals surface area contributed by atoms with Crippen molar-refractivity contribution in [3.63, 3.8) is 0 Å². The van der Waals surface area contributed by atoms with Crippen LogP contribution in [0.4, 0.5) is 0 Å². The van der Waals surface area contributed by atoms with Crippen LogP contribution in [0.1, 0.15) is 23.1 Å². The molecule has 2 aromatic carbocycles. The lowest BCUT2D eigenvalue weighted by Crippen LogP contribution is -3.14. The highest BCUT2D eigenvalue weighted by Gasteiger charge is 2.13. The number of benzene rings is 2. The Balaban J connectivity index is 1.42. The lowest BCUT2D eigenvalue weighted by atomic mass is 10.1. The molecule has 0 unspecified atom stereocenters. The Labute approximate surface area is 168 Å². The van der Waals surface area contributed by atoms with Crippen LogP contribution in [0, 0.1) is 6.92 Å². The van der Waals surface area contributed by atoms with E-state index in [1.807, 2.05) is 6.07 Å². The Morgan fingerprint density at radius 3 is 2.50 bits per heavy atom. The number of morpholine rings is 1. The smallest absolute Gasteiger partial charge is 0.161 e. The van der Waals surface area contributed by atoms with E-state index in [1.54, 1.807) is 12.0 Å². The topological polar surface area (TPSA) is 48.7 Å². The van der Waals surface area contributed by atoms with Gasteiger partial charge in [-0.1, -0.05) is 29.8 Å². The molecule has 3 rings (SSSR count). The van der Waals surface area contributed by atoms with Gasteiger partial charge in [-0.2, -0.15) is 0 Å². The van der Waals surface area contributed by atoms with E-state index in [2.05, 4.69) is 48.6 Å². The van der Waals surface area contributed by atoms with Crippen LogP contribution in [0.15, 0.2) is 42.5 Å². The van der Waals surface area contributed by atoms with Crippen molar-refractivity contribution in [3.05, 3.63) is 59.2 Å². The average Bonchev–Trinajstić information content (AvgIpc) is 2.74. The van der Waals surface area contributed by atoms with Gasteiger partial charge in [-0.3, -0.25) is 0 Å². The number of hydrogen-bond acceptors (Lipinski definition) is 3. The first-order chi connectivity index (χ1) is 13.7. The van der Waals surface area contributed by atoms with Gasteiger partial charge in [-0.25, -0.2) is 0 Å². The monoisotopic (exact) mass is 386 g/mol. The van der Waals surface area contributed by atoms with Crippen LogP contribution in [0.5, 0.6) is 11.5 Å². The molecule has 152 valence electrons. The molecule has 28 heavy (non-hydrogen) atoms. The molecular weight excluding hydrogens is 352 g/mol. The third kappa shape index (κ3) is 6.51. The maximum Gasteiger partial charge on any atom is 0.161 e. The van der Waals surface area contributed by atoms with Crippen LogP contribution < -0.4 is 19.7 Å². The molecule has 1 fully saturated rings. The van der Waals surface area contributed by atoms with Crippen molar-refractivity contribution >= 4 is 0 Å². The lowest BCUT2D eigenvalue weighted by molar-refractivity contribution is -0.909. The fourth-order valence-corrected chi connectivity index (χ4v) is 3.48. The van der Waals surface area contributed by atoms with Crippen molar-refractivity contribution in [1.82, 2.24) is 0 Å². The van der Waals surface area contributed by atoms with Crippen LogP contribution in [0.2, 0.25) is 0 Å². The Bertz CT molecular complexity index is 712. The highest BCUT2D eigenvalue weighted by atomic mass is 16.5. The Morgan fingerprint density at radius 1 is 1.00 bits per heavy atom. The number of ether oxygens (including phenoxy) is 3. The largest absolute Gasteiger partial charge is 0.493 e. The fraction of sp³-hybridized carbons (Fsp3) is 0.478. The second-order valence-electron chi connectivity index (χ2n) is 7.51. The minimum absolute atomic E-state index is 0.548. The summed E-state index contributed by atoms with van der Waals surface area (Å²) in [6.07, 6.45) is 1.24. The molecule has 2 aromatic rings. The first kappa shape index (κ1) is 20.6. The standard InChI is InChI=1S/C23H32N2O3/c1-19-4-6-20(7-5-19)18-28-22-9-8-21(16-23(22)26-2)17-24-10-3-11-25-12-14-27-15-13-25/h4-9,16,24H,3,10-15,17-18H2,1-2H3/p+2. The Morgan fingerprint density at radius 2 is 1.75 bits per heavy atom. The maximum atomic E-state index is 5.97. The number of nitrogens with two attached hydrogens (primary N) is 1. The van der Waals surface area contributed by atoms with Gasteiger partial charge in [0.25, 0.3) is 0 Å². The molecule has 5 heteroatoms. The van der Waals surface area contributed by atoms with E-state index in [1.165, 1.54) is 24.1 Å². The summed E-state index contributed by atoms with van der Waals surface area (Å²) in [5.74, 6) is 1.60. The summed E-state index contributed by atoms with van der Waals surface area (Å²) in [6.45, 7) is 10.1. The van der Waals surface area contributed by atoms with Crippen molar-refractivity contribution in [2.45, 2.75) is 26.5 Å². The average molecular weight is 387 g/mol. The molecule has 5 nitrogen and oxygen atoms in total. The summed E-state index contributed by atoms with van der Waals surface area (Å²) in [5, 5.41) is 2.38. The predicted molar refractivity (Wildman–Crippen MR) is 110 cm³/mol. The quantitative estimate of drug-likeness (QED) is 0.598. The van der Waals surface area contributed by atoms with Gasteiger partial charge in [0.05, 0.1) is 33.4 Å². The first-order valence-corrected chi connectivity index (χ1v) is 10.3. The van der Waals surface area contributed by atoms with Gasteiger partial charge in [0, 0.05) is 12.0 Å². The predicted octanol–water partition coefficient (Wildman–Crippen LogP) is 0.951. The molecule has 1 saturated heterocycles. The second kappa shape index (κ2) is 11.1. The Kier molecular flexibility index (Phi) is 8.15. The van der Waals surface area contributed by atoms with E-state index >= 15 is 0 Å². The Hall–Kier alpha value is -2.08. The van der Waals surface area contributed by atoms with Crippen LogP contribution in [-0.4, -0.2) is 46.5 Å². The molecule has 0 radical (unpaired) electrons. The molecule has 0 saturated carbocycles. The van der Waals surface area contributed by atoms with Crippen molar-refractivity contribution in [3.8, 4) is 11.5 Å². The van der Waals surface area contributed by atoms with Gasteiger partial charge in [0.2, 0.25) is 0 Å². The molecule has 1 aliphatic heterocycles. The maximum absolute atomic E-state index is 5.97. The number of nitrogens with one attached hydrogen (secondary N) is 1. The third-order valence-corrected chi connectivity index (χ3v) is 5.26. The summed E-state index contributed by atoms with van der Waals surface area (Å²) >= 11 is 0. The van der Waals surface area contributed by atoms with Gasteiger partial charge in [-0.05, 0) is 30.7 Å². The fourth-order valence-electron chi connectivity index (χ4n) is 3.48. The summed E-state index contributed by atoms with van der Waals surface area (Å²) < 4.78 is 16.9. The first-order valence-electron chi connectivity index (χ1n) is 10.3. The minimum atomic E-state index is 0.548. The molecule has 0 bridgehead atoms. The zero-order valence-corrected chi connectivity index (χ0v) is 17.2. The van der Waals surface area contributed by atoms with E-state index < -0.39 is 0 Å². The van der Waals surface area contributed by atoms with Crippen LogP contribution in [-0.2, 0) is 17.9 Å². The summed E-state index contributed by atoms with van der Waals surface area (Å²) in [7, 11) is 1.70. The molecular formula is C23H34N2O3+2. The van der Waals surface area contributed by atoms with Crippen molar-refractivity contribution in [1.29, 1.82) is 0 Å². The zero-order valence-electron chi connectivity index (χ0n) is 17.2. The lowest BCUT2D eigenvalue weighted by Gasteiger charge is -2.23.